The van der Waals surface area contributed by atoms with E-state index in [1.165, 1.54) is 148 Å². The van der Waals surface area contributed by atoms with Crippen molar-refractivity contribution in [1.29, 1.82) is 0 Å². The highest BCUT2D eigenvalue weighted by molar-refractivity contribution is 4.84. The molecule has 182 valence electrons. The van der Waals surface area contributed by atoms with E-state index in [1.54, 1.807) is 5.82 Å². The van der Waals surface area contributed by atoms with Crippen molar-refractivity contribution >= 4 is 0 Å². The van der Waals surface area contributed by atoms with Crippen LogP contribution in [0.5, 0.6) is 0 Å². The van der Waals surface area contributed by atoms with E-state index in [1.807, 2.05) is 0 Å². The van der Waals surface area contributed by atoms with Gasteiger partial charge in [-0.05, 0) is 32.1 Å². The molecule has 0 aliphatic rings. The van der Waals surface area contributed by atoms with Crippen molar-refractivity contribution in [2.24, 2.45) is 0 Å². The molecule has 0 radical (unpaired) electrons. The average Bonchev–Trinajstić information content (AvgIpc) is 3.15. The Morgan fingerprint density at radius 1 is 0.548 bits per heavy atom. The van der Waals surface area contributed by atoms with Crippen LogP contribution in [-0.4, -0.2) is 4.57 Å². The van der Waals surface area contributed by atoms with Gasteiger partial charge in [0.15, 0.2) is 0 Å². The van der Waals surface area contributed by atoms with Gasteiger partial charge in [0.25, 0.3) is 5.82 Å². The molecular formula is C29H57N2+. The van der Waals surface area contributed by atoms with Crippen molar-refractivity contribution in [3.63, 3.8) is 0 Å². The molecule has 0 fully saturated rings. The van der Waals surface area contributed by atoms with Gasteiger partial charge < -0.3 is 0 Å². The predicted octanol–water partition coefficient (Wildman–Crippen LogP) is 9.18. The summed E-state index contributed by atoms with van der Waals surface area (Å²) in [5, 5.41) is 0. The summed E-state index contributed by atoms with van der Waals surface area (Å²) >= 11 is 0. The third-order valence-electron chi connectivity index (χ3n) is 6.82. The van der Waals surface area contributed by atoms with Gasteiger partial charge in [0, 0.05) is 6.42 Å². The van der Waals surface area contributed by atoms with E-state index in [9.17, 15) is 0 Å². The lowest BCUT2D eigenvalue weighted by molar-refractivity contribution is -0.704. The second-order valence-corrected chi connectivity index (χ2v) is 9.86. The third kappa shape index (κ3) is 14.8. The first kappa shape index (κ1) is 28.2. The van der Waals surface area contributed by atoms with Crippen LogP contribution in [0.3, 0.4) is 0 Å². The van der Waals surface area contributed by atoms with Gasteiger partial charge in [0.2, 0.25) is 0 Å². The van der Waals surface area contributed by atoms with Crippen LogP contribution in [0.15, 0.2) is 12.4 Å². The molecule has 0 aromatic carbocycles. The summed E-state index contributed by atoms with van der Waals surface area (Å²) in [6, 6.07) is 0. The average molecular weight is 434 g/mol. The fourth-order valence-electron chi connectivity index (χ4n) is 4.78. The van der Waals surface area contributed by atoms with Gasteiger partial charge in [0.05, 0.1) is 13.1 Å². The van der Waals surface area contributed by atoms with Crippen molar-refractivity contribution in [1.82, 2.24) is 4.57 Å². The Morgan fingerprint density at radius 3 is 1.48 bits per heavy atom. The summed E-state index contributed by atoms with van der Waals surface area (Å²) in [7, 11) is 0. The molecule has 0 amide bonds. The predicted molar refractivity (Wildman–Crippen MR) is 138 cm³/mol. The van der Waals surface area contributed by atoms with Gasteiger partial charge in [-0.3, -0.25) is 0 Å². The second-order valence-electron chi connectivity index (χ2n) is 9.86. The molecule has 0 atom stereocenters. The number of aryl methyl sites for hydroxylation is 2. The Labute approximate surface area is 196 Å². The number of unbranched alkanes of at least 4 members (excludes halogenated alkanes) is 17. The smallest absolute Gasteiger partial charge is 0.234 e. The van der Waals surface area contributed by atoms with Gasteiger partial charge in [-0.1, -0.05) is 117 Å². The zero-order valence-electron chi connectivity index (χ0n) is 21.8. The third-order valence-corrected chi connectivity index (χ3v) is 6.82. The largest absolute Gasteiger partial charge is 0.256 e. The maximum Gasteiger partial charge on any atom is 0.256 e. The van der Waals surface area contributed by atoms with Gasteiger partial charge >= 0.3 is 0 Å². The molecule has 0 saturated heterocycles. The highest BCUT2D eigenvalue weighted by atomic mass is 15.1. The van der Waals surface area contributed by atoms with Gasteiger partial charge in [-0.15, -0.1) is 0 Å². The molecule has 1 aromatic rings. The van der Waals surface area contributed by atoms with Crippen molar-refractivity contribution in [3.8, 4) is 0 Å². The minimum absolute atomic E-state index is 1.22. The van der Waals surface area contributed by atoms with E-state index in [0.29, 0.717) is 0 Å². The molecule has 2 nitrogen and oxygen atoms in total. The number of aromatic nitrogens is 2. The molecule has 0 unspecified atom stereocenters. The first-order valence-corrected chi connectivity index (χ1v) is 14.4. The molecule has 0 spiro atoms. The maximum atomic E-state index is 2.56. The van der Waals surface area contributed by atoms with Gasteiger partial charge in [-0.2, -0.15) is 0 Å². The Bertz CT molecular complexity index is 491. The van der Waals surface area contributed by atoms with Crippen LogP contribution >= 0.6 is 0 Å². The van der Waals surface area contributed by atoms with E-state index >= 15 is 0 Å². The molecule has 1 heterocycles. The molecule has 0 aliphatic heterocycles. The normalized spacial score (nSPS) is 11.5. The van der Waals surface area contributed by atoms with E-state index in [-0.39, 0.29) is 0 Å². The number of rotatable bonds is 23. The summed E-state index contributed by atoms with van der Waals surface area (Å²) in [4.78, 5) is 0. The molecule has 31 heavy (non-hydrogen) atoms. The molecular weight excluding hydrogens is 376 g/mol. The molecule has 1 rings (SSSR count). The van der Waals surface area contributed by atoms with Gasteiger partial charge in [0.1, 0.15) is 12.4 Å². The summed E-state index contributed by atoms with van der Waals surface area (Å²) in [5.74, 6) is 1.57. The first-order valence-electron chi connectivity index (χ1n) is 14.4. The lowest BCUT2D eigenvalue weighted by atomic mass is 10.1. The van der Waals surface area contributed by atoms with Crippen molar-refractivity contribution < 1.29 is 4.57 Å². The van der Waals surface area contributed by atoms with Crippen LogP contribution in [0.25, 0.3) is 0 Å². The van der Waals surface area contributed by atoms with Gasteiger partial charge in [-0.25, -0.2) is 9.13 Å². The minimum Gasteiger partial charge on any atom is -0.234 e. The van der Waals surface area contributed by atoms with Crippen LogP contribution in [-0.2, 0) is 19.5 Å². The highest BCUT2D eigenvalue weighted by Gasteiger charge is 2.15. The Morgan fingerprint density at radius 2 is 1.00 bits per heavy atom. The quantitative estimate of drug-likeness (QED) is 0.120. The molecule has 0 aliphatic carbocycles. The first-order chi connectivity index (χ1) is 15.3. The van der Waals surface area contributed by atoms with E-state index in [4.69, 9.17) is 0 Å². The topological polar surface area (TPSA) is 8.81 Å². The summed E-state index contributed by atoms with van der Waals surface area (Å²) in [6.45, 7) is 9.36. The standard InChI is InChI=1S/C29H57N2/c1-4-7-9-11-13-15-17-19-21-23-26-31-28-27-30(29(31)24-6-3)25-22-20-18-16-14-12-10-8-5-2/h27-28H,4-26H2,1-3H3/q+1. The number of nitrogens with zero attached hydrogens (tertiary/aromatic N) is 2. The molecule has 2 heteroatoms. The summed E-state index contributed by atoms with van der Waals surface area (Å²) in [6.07, 6.45) is 34.1. The van der Waals surface area contributed by atoms with E-state index in [2.05, 4.69) is 42.3 Å². The molecule has 0 saturated carbocycles. The summed E-state index contributed by atoms with van der Waals surface area (Å²) in [5.41, 5.74) is 0. The Hall–Kier alpha value is -0.790. The van der Waals surface area contributed by atoms with E-state index in [0.717, 1.165) is 0 Å². The fourth-order valence-corrected chi connectivity index (χ4v) is 4.78. The van der Waals surface area contributed by atoms with Crippen LogP contribution in [0.4, 0.5) is 0 Å². The van der Waals surface area contributed by atoms with Crippen LogP contribution in [0, 0.1) is 0 Å². The lowest BCUT2D eigenvalue weighted by Crippen LogP contribution is -2.37. The number of hydrogen-bond acceptors (Lipinski definition) is 0. The van der Waals surface area contributed by atoms with E-state index < -0.39 is 0 Å². The Balaban J connectivity index is 2.15. The van der Waals surface area contributed by atoms with Crippen molar-refractivity contribution in [3.05, 3.63) is 18.2 Å². The fraction of sp³-hybridized carbons (Fsp3) is 0.897. The Kier molecular flexibility index (Phi) is 19.2. The van der Waals surface area contributed by atoms with Crippen molar-refractivity contribution in [2.75, 3.05) is 0 Å². The zero-order chi connectivity index (χ0) is 22.4. The SMILES string of the molecule is CCCCCCCCCCCC[n+]1ccn(CCCCCCCCCCC)c1CCC. The highest BCUT2D eigenvalue weighted by Crippen LogP contribution is 2.12. The van der Waals surface area contributed by atoms with Crippen LogP contribution in [0.2, 0.25) is 0 Å². The number of hydrogen-bond donors (Lipinski definition) is 0. The minimum atomic E-state index is 1.22. The molecule has 0 bridgehead atoms. The maximum absolute atomic E-state index is 2.56. The molecule has 1 aromatic heterocycles. The lowest BCUT2D eigenvalue weighted by Gasteiger charge is -2.06. The van der Waals surface area contributed by atoms with Crippen LogP contribution < -0.4 is 4.57 Å². The second kappa shape index (κ2) is 21.1. The zero-order valence-corrected chi connectivity index (χ0v) is 21.8. The monoisotopic (exact) mass is 433 g/mol. The summed E-state index contributed by atoms with van der Waals surface area (Å²) < 4.78 is 5.11. The number of imidazole rings is 1. The molecule has 0 N–H and O–H groups in total. The van der Waals surface area contributed by atoms with Crippen molar-refractivity contribution in [2.45, 2.75) is 169 Å². The van der Waals surface area contributed by atoms with Crippen LogP contribution in [0.1, 0.15) is 155 Å².